The Hall–Kier alpha value is -2.27. The van der Waals surface area contributed by atoms with Crippen LogP contribution in [0.1, 0.15) is 10.4 Å². The SMILES string of the molecule is Cn1c(Oc2ccc(Cl)c(C(=O)O)c2)cccc1=O. The molecule has 0 aliphatic heterocycles. The fourth-order valence-corrected chi connectivity index (χ4v) is 1.70. The number of carbonyl (C=O) groups is 1. The van der Waals surface area contributed by atoms with Crippen molar-refractivity contribution in [3.05, 3.63) is 57.3 Å². The minimum absolute atomic E-state index is 0.0555. The highest BCUT2D eigenvalue weighted by Crippen LogP contribution is 2.25. The maximum Gasteiger partial charge on any atom is 0.337 e. The normalized spacial score (nSPS) is 10.2. The van der Waals surface area contributed by atoms with Crippen LogP contribution >= 0.6 is 11.6 Å². The predicted octanol–water partition coefficient (Wildman–Crippen LogP) is 2.53. The summed E-state index contributed by atoms with van der Waals surface area (Å²) in [5.41, 5.74) is -0.273. The number of hydrogen-bond acceptors (Lipinski definition) is 3. The zero-order valence-corrected chi connectivity index (χ0v) is 10.7. The van der Waals surface area contributed by atoms with Crippen molar-refractivity contribution in [3.8, 4) is 11.6 Å². The van der Waals surface area contributed by atoms with Crippen LogP contribution in [0.5, 0.6) is 11.6 Å². The molecule has 98 valence electrons. The molecule has 2 rings (SSSR count). The Morgan fingerprint density at radius 3 is 2.74 bits per heavy atom. The molecule has 0 unspecified atom stereocenters. The molecule has 1 N–H and O–H groups in total. The molecule has 0 saturated heterocycles. The quantitative estimate of drug-likeness (QED) is 0.937. The van der Waals surface area contributed by atoms with Gasteiger partial charge in [0.1, 0.15) is 5.75 Å². The van der Waals surface area contributed by atoms with Crippen molar-refractivity contribution in [1.29, 1.82) is 0 Å². The van der Waals surface area contributed by atoms with Crippen molar-refractivity contribution in [1.82, 2.24) is 4.57 Å². The highest BCUT2D eigenvalue weighted by Gasteiger charge is 2.11. The molecule has 0 bridgehead atoms. The van der Waals surface area contributed by atoms with Gasteiger partial charge in [0.05, 0.1) is 10.6 Å². The van der Waals surface area contributed by atoms with Gasteiger partial charge >= 0.3 is 5.97 Å². The molecule has 1 aromatic carbocycles. The van der Waals surface area contributed by atoms with Crippen molar-refractivity contribution in [3.63, 3.8) is 0 Å². The van der Waals surface area contributed by atoms with Crippen LogP contribution in [-0.2, 0) is 7.05 Å². The van der Waals surface area contributed by atoms with Gasteiger partial charge in [0, 0.05) is 13.1 Å². The van der Waals surface area contributed by atoms with Crippen molar-refractivity contribution < 1.29 is 14.6 Å². The van der Waals surface area contributed by atoms with Crippen molar-refractivity contribution in [2.75, 3.05) is 0 Å². The third kappa shape index (κ3) is 2.77. The van der Waals surface area contributed by atoms with E-state index in [1.54, 1.807) is 19.2 Å². The van der Waals surface area contributed by atoms with E-state index in [0.717, 1.165) is 0 Å². The largest absolute Gasteiger partial charge is 0.478 e. The topological polar surface area (TPSA) is 68.5 Å². The number of aromatic carboxylic acids is 1. The van der Waals surface area contributed by atoms with Gasteiger partial charge in [0.15, 0.2) is 0 Å². The summed E-state index contributed by atoms with van der Waals surface area (Å²) in [5, 5.41) is 9.09. The van der Waals surface area contributed by atoms with Gasteiger partial charge in [-0.05, 0) is 24.3 Å². The first kappa shape index (κ1) is 13.2. The van der Waals surface area contributed by atoms with Crippen LogP contribution in [0.3, 0.4) is 0 Å². The number of pyridine rings is 1. The molecule has 1 heterocycles. The molecule has 0 atom stereocenters. The highest BCUT2D eigenvalue weighted by atomic mass is 35.5. The van der Waals surface area contributed by atoms with E-state index in [2.05, 4.69) is 0 Å². The van der Waals surface area contributed by atoms with Gasteiger partial charge in [-0.15, -0.1) is 0 Å². The Morgan fingerprint density at radius 2 is 2.05 bits per heavy atom. The van der Waals surface area contributed by atoms with E-state index in [1.807, 2.05) is 0 Å². The molecule has 19 heavy (non-hydrogen) atoms. The summed E-state index contributed by atoms with van der Waals surface area (Å²) >= 11 is 5.76. The van der Waals surface area contributed by atoms with E-state index < -0.39 is 5.97 Å². The van der Waals surface area contributed by atoms with Crippen LogP contribution in [0.4, 0.5) is 0 Å². The van der Waals surface area contributed by atoms with Gasteiger partial charge in [-0.3, -0.25) is 9.36 Å². The fourth-order valence-electron chi connectivity index (χ4n) is 1.50. The Bertz CT molecular complexity index is 693. The van der Waals surface area contributed by atoms with E-state index in [0.29, 0.717) is 11.6 Å². The van der Waals surface area contributed by atoms with Gasteiger partial charge < -0.3 is 9.84 Å². The smallest absolute Gasteiger partial charge is 0.337 e. The Labute approximate surface area is 113 Å². The van der Waals surface area contributed by atoms with Gasteiger partial charge in [0.25, 0.3) is 5.56 Å². The summed E-state index contributed by atoms with van der Waals surface area (Å²) in [4.78, 5) is 22.4. The lowest BCUT2D eigenvalue weighted by Gasteiger charge is -2.10. The molecule has 5 nitrogen and oxygen atoms in total. The summed E-state index contributed by atoms with van der Waals surface area (Å²) in [7, 11) is 1.56. The Morgan fingerprint density at radius 1 is 1.32 bits per heavy atom. The first-order chi connectivity index (χ1) is 8.99. The van der Waals surface area contributed by atoms with E-state index in [9.17, 15) is 9.59 Å². The summed E-state index contributed by atoms with van der Waals surface area (Å²) in [6.07, 6.45) is 0. The van der Waals surface area contributed by atoms with E-state index in [-0.39, 0.29) is 16.1 Å². The summed E-state index contributed by atoms with van der Waals surface area (Å²) in [6, 6.07) is 8.84. The maximum atomic E-state index is 11.4. The summed E-state index contributed by atoms with van der Waals surface area (Å²) < 4.78 is 6.79. The van der Waals surface area contributed by atoms with Gasteiger partial charge in [-0.2, -0.15) is 0 Å². The number of carboxylic acid groups (broad SMARTS) is 1. The molecule has 0 spiro atoms. The van der Waals surface area contributed by atoms with E-state index >= 15 is 0 Å². The molecule has 0 saturated carbocycles. The number of nitrogens with zero attached hydrogens (tertiary/aromatic N) is 1. The standard InChI is InChI=1S/C13H10ClNO4/c1-15-11(16)3-2-4-12(15)19-8-5-6-10(14)9(7-8)13(17)18/h2-7H,1H3,(H,17,18). The molecule has 2 aromatic rings. The first-order valence-corrected chi connectivity index (χ1v) is 5.73. The van der Waals surface area contributed by atoms with Crippen LogP contribution in [0.15, 0.2) is 41.2 Å². The summed E-state index contributed by atoms with van der Waals surface area (Å²) in [5.74, 6) is -0.536. The second-order valence-corrected chi connectivity index (χ2v) is 4.22. The van der Waals surface area contributed by atoms with Crippen LogP contribution < -0.4 is 10.3 Å². The number of hydrogen-bond donors (Lipinski definition) is 1. The van der Waals surface area contributed by atoms with E-state index in [4.69, 9.17) is 21.4 Å². The highest BCUT2D eigenvalue weighted by molar-refractivity contribution is 6.33. The maximum absolute atomic E-state index is 11.4. The van der Waals surface area contributed by atoms with Crippen LogP contribution in [-0.4, -0.2) is 15.6 Å². The van der Waals surface area contributed by atoms with Crippen molar-refractivity contribution in [2.45, 2.75) is 0 Å². The number of halogens is 1. The third-order valence-corrected chi connectivity index (χ3v) is 2.86. The van der Waals surface area contributed by atoms with Gasteiger partial charge in [-0.1, -0.05) is 17.7 Å². The summed E-state index contributed by atoms with van der Waals surface area (Å²) in [6.45, 7) is 0. The lowest BCUT2D eigenvalue weighted by atomic mass is 10.2. The molecule has 1 aromatic heterocycles. The molecule has 0 aliphatic rings. The van der Waals surface area contributed by atoms with Gasteiger partial charge in [-0.25, -0.2) is 4.79 Å². The number of benzene rings is 1. The zero-order chi connectivity index (χ0) is 14.0. The molecule has 6 heteroatoms. The number of carboxylic acids is 1. The van der Waals surface area contributed by atoms with Crippen LogP contribution in [0.2, 0.25) is 5.02 Å². The molecule has 0 amide bonds. The molecule has 0 radical (unpaired) electrons. The second kappa shape index (κ2) is 5.16. The average molecular weight is 280 g/mol. The van der Waals surface area contributed by atoms with E-state index in [1.165, 1.54) is 28.8 Å². The molecular formula is C13H10ClNO4. The lowest BCUT2D eigenvalue weighted by molar-refractivity contribution is 0.0696. The molecule has 0 fully saturated rings. The lowest BCUT2D eigenvalue weighted by Crippen LogP contribution is -2.15. The first-order valence-electron chi connectivity index (χ1n) is 5.36. The van der Waals surface area contributed by atoms with Crippen LogP contribution in [0, 0.1) is 0 Å². The fraction of sp³-hybridized carbons (Fsp3) is 0.0769. The predicted molar refractivity (Wildman–Crippen MR) is 70.2 cm³/mol. The van der Waals surface area contributed by atoms with Gasteiger partial charge in [0.2, 0.25) is 5.88 Å². The Kier molecular flexibility index (Phi) is 3.57. The average Bonchev–Trinajstić information content (AvgIpc) is 2.37. The third-order valence-electron chi connectivity index (χ3n) is 2.53. The minimum atomic E-state index is -1.14. The molecule has 0 aliphatic carbocycles. The second-order valence-electron chi connectivity index (χ2n) is 3.81. The zero-order valence-electron chi connectivity index (χ0n) is 9.96. The number of rotatable bonds is 3. The molecular weight excluding hydrogens is 270 g/mol. The van der Waals surface area contributed by atoms with Crippen LogP contribution in [0.25, 0.3) is 0 Å². The number of ether oxygens (including phenoxy) is 1. The Balaban J connectivity index is 2.39. The van der Waals surface area contributed by atoms with Crippen molar-refractivity contribution in [2.24, 2.45) is 7.05 Å². The minimum Gasteiger partial charge on any atom is -0.478 e. The monoisotopic (exact) mass is 279 g/mol. The van der Waals surface area contributed by atoms with Crippen molar-refractivity contribution >= 4 is 17.6 Å². The number of aromatic nitrogens is 1.